The lowest BCUT2D eigenvalue weighted by molar-refractivity contribution is -0.116. The summed E-state index contributed by atoms with van der Waals surface area (Å²) >= 11 is 7.55. The van der Waals surface area contributed by atoms with Gasteiger partial charge in [0, 0.05) is 22.9 Å². The van der Waals surface area contributed by atoms with E-state index >= 15 is 0 Å². The van der Waals surface area contributed by atoms with Gasteiger partial charge in [0.2, 0.25) is 5.91 Å². The van der Waals surface area contributed by atoms with Gasteiger partial charge in [-0.15, -0.1) is 0 Å². The van der Waals surface area contributed by atoms with Crippen molar-refractivity contribution >= 4 is 46.1 Å². The molecular formula is C21H17ClN6O2S. The maximum absolute atomic E-state index is 13.2. The van der Waals surface area contributed by atoms with Crippen LogP contribution in [-0.2, 0) is 4.79 Å². The molecule has 156 valence electrons. The number of hydrogen-bond donors (Lipinski definition) is 1. The Balaban J connectivity index is 1.45. The number of rotatable bonds is 4. The fourth-order valence-corrected chi connectivity index (χ4v) is 4.91. The van der Waals surface area contributed by atoms with Crippen molar-refractivity contribution in [2.24, 2.45) is 0 Å². The van der Waals surface area contributed by atoms with E-state index in [2.05, 4.69) is 20.4 Å². The van der Waals surface area contributed by atoms with Crippen molar-refractivity contribution < 1.29 is 4.79 Å². The summed E-state index contributed by atoms with van der Waals surface area (Å²) in [6.45, 7) is 1.86. The second-order valence-electron chi connectivity index (χ2n) is 7.22. The molecule has 0 aliphatic carbocycles. The molecule has 1 unspecified atom stereocenters. The van der Waals surface area contributed by atoms with Gasteiger partial charge < -0.3 is 5.32 Å². The number of fused-ring (bicyclic) bond motifs is 2. The van der Waals surface area contributed by atoms with Gasteiger partial charge in [-0.3, -0.25) is 14.2 Å². The average molecular weight is 453 g/mol. The minimum Gasteiger partial charge on any atom is -0.311 e. The Hall–Kier alpha value is -3.17. The van der Waals surface area contributed by atoms with Gasteiger partial charge in [-0.25, -0.2) is 14.6 Å². The van der Waals surface area contributed by atoms with Crippen molar-refractivity contribution in [3.8, 4) is 5.69 Å². The van der Waals surface area contributed by atoms with Crippen LogP contribution in [0.25, 0.3) is 16.7 Å². The van der Waals surface area contributed by atoms with Crippen LogP contribution in [0.2, 0.25) is 5.02 Å². The topological polar surface area (TPSA) is 94.7 Å². The van der Waals surface area contributed by atoms with Crippen LogP contribution in [0.5, 0.6) is 0 Å². The number of halogens is 1. The zero-order valence-electron chi connectivity index (χ0n) is 16.4. The molecule has 8 nitrogen and oxygen atoms in total. The summed E-state index contributed by atoms with van der Waals surface area (Å²) in [6, 6.07) is 12.4. The van der Waals surface area contributed by atoms with Crippen molar-refractivity contribution in [1.29, 1.82) is 0 Å². The van der Waals surface area contributed by atoms with E-state index in [-0.39, 0.29) is 23.9 Å². The monoisotopic (exact) mass is 452 g/mol. The quantitative estimate of drug-likeness (QED) is 0.475. The minimum absolute atomic E-state index is 0.158. The van der Waals surface area contributed by atoms with Crippen molar-refractivity contribution in [1.82, 2.24) is 24.3 Å². The molecule has 0 fully saturated rings. The van der Waals surface area contributed by atoms with Gasteiger partial charge in [0.05, 0.1) is 17.9 Å². The Morgan fingerprint density at radius 3 is 2.90 bits per heavy atom. The standard InChI is InChI=1S/C21H17ClN6O2S/c1-12-4-2-7-17(24-12)25-18(29)9-15-11-31-21-26-19-16(20(30)27(15)21)10-23-28(19)14-6-3-5-13(22)8-14/h2-8,10,15H,9,11H2,1H3,(H,24,25,29). The molecule has 0 bridgehead atoms. The van der Waals surface area contributed by atoms with Crippen LogP contribution in [0, 0.1) is 6.92 Å². The summed E-state index contributed by atoms with van der Waals surface area (Å²) in [5.74, 6) is 0.895. The van der Waals surface area contributed by atoms with Crippen LogP contribution in [0.4, 0.5) is 5.82 Å². The summed E-state index contributed by atoms with van der Waals surface area (Å²) < 4.78 is 3.20. The molecule has 5 rings (SSSR count). The third-order valence-corrected chi connectivity index (χ3v) is 6.33. The third kappa shape index (κ3) is 3.70. The maximum atomic E-state index is 13.2. The van der Waals surface area contributed by atoms with Gasteiger partial charge in [0.15, 0.2) is 10.8 Å². The lowest BCUT2D eigenvalue weighted by Crippen LogP contribution is -2.28. The highest BCUT2D eigenvalue weighted by Gasteiger charge is 2.29. The molecule has 1 amide bonds. The average Bonchev–Trinajstić information content (AvgIpc) is 3.33. The number of aryl methyl sites for hydroxylation is 1. The van der Waals surface area contributed by atoms with Gasteiger partial charge >= 0.3 is 0 Å². The molecule has 1 N–H and O–H groups in total. The zero-order valence-corrected chi connectivity index (χ0v) is 18.0. The second kappa shape index (κ2) is 7.82. The van der Waals surface area contributed by atoms with Gasteiger partial charge in [0.1, 0.15) is 11.2 Å². The molecule has 3 aromatic heterocycles. The summed E-state index contributed by atoms with van der Waals surface area (Å²) in [6.07, 6.45) is 1.67. The maximum Gasteiger partial charge on any atom is 0.265 e. The van der Waals surface area contributed by atoms with Crippen LogP contribution >= 0.6 is 23.4 Å². The fraction of sp³-hybridized carbons (Fsp3) is 0.190. The number of carbonyl (C=O) groups is 1. The molecule has 1 atom stereocenters. The molecule has 1 aromatic carbocycles. The predicted octanol–water partition coefficient (Wildman–Crippen LogP) is 3.61. The summed E-state index contributed by atoms with van der Waals surface area (Å²) in [5, 5.41) is 8.70. The van der Waals surface area contributed by atoms with Gasteiger partial charge in [0.25, 0.3) is 5.56 Å². The molecule has 1 aliphatic heterocycles. The van der Waals surface area contributed by atoms with E-state index in [4.69, 9.17) is 11.6 Å². The highest BCUT2D eigenvalue weighted by molar-refractivity contribution is 7.99. The van der Waals surface area contributed by atoms with Crippen molar-refractivity contribution in [3.63, 3.8) is 0 Å². The SMILES string of the molecule is Cc1cccc(NC(=O)CC2CSc3nc4c(cnn4-c4cccc(Cl)c4)c(=O)n32)n1. The Morgan fingerprint density at radius 1 is 1.26 bits per heavy atom. The number of benzene rings is 1. The molecule has 10 heteroatoms. The Bertz CT molecular complexity index is 1380. The molecule has 1 aliphatic rings. The molecule has 0 spiro atoms. The van der Waals surface area contributed by atoms with Crippen molar-refractivity contribution in [2.75, 3.05) is 11.1 Å². The number of pyridine rings is 1. The first kappa shape index (κ1) is 19.8. The van der Waals surface area contributed by atoms with E-state index in [1.54, 1.807) is 27.4 Å². The van der Waals surface area contributed by atoms with Crippen LogP contribution in [0.3, 0.4) is 0 Å². The first-order chi connectivity index (χ1) is 15.0. The van der Waals surface area contributed by atoms with E-state index in [1.807, 2.05) is 31.2 Å². The normalized spacial score (nSPS) is 15.2. The Kier molecular flexibility index (Phi) is 4.99. The van der Waals surface area contributed by atoms with E-state index in [0.29, 0.717) is 32.8 Å². The molecule has 4 aromatic rings. The highest BCUT2D eigenvalue weighted by Crippen LogP contribution is 2.33. The fourth-order valence-electron chi connectivity index (χ4n) is 3.60. The number of anilines is 1. The Labute approximate surface area is 186 Å². The molecular weight excluding hydrogens is 436 g/mol. The first-order valence-electron chi connectivity index (χ1n) is 9.62. The number of amides is 1. The largest absolute Gasteiger partial charge is 0.311 e. The number of aromatic nitrogens is 5. The van der Waals surface area contributed by atoms with Crippen LogP contribution in [0.15, 0.2) is 58.6 Å². The molecule has 0 saturated heterocycles. The van der Waals surface area contributed by atoms with Crippen LogP contribution < -0.4 is 10.9 Å². The third-order valence-electron chi connectivity index (χ3n) is 5.00. The number of nitrogens with zero attached hydrogens (tertiary/aromatic N) is 5. The zero-order chi connectivity index (χ0) is 21.5. The predicted molar refractivity (Wildman–Crippen MR) is 120 cm³/mol. The summed E-state index contributed by atoms with van der Waals surface area (Å²) in [4.78, 5) is 34.7. The van der Waals surface area contributed by atoms with Crippen LogP contribution in [-0.4, -0.2) is 36.0 Å². The van der Waals surface area contributed by atoms with Gasteiger partial charge in [-0.2, -0.15) is 5.10 Å². The summed E-state index contributed by atoms with van der Waals surface area (Å²) in [7, 11) is 0. The number of thioether (sulfide) groups is 1. The van der Waals surface area contributed by atoms with E-state index in [0.717, 1.165) is 11.4 Å². The van der Waals surface area contributed by atoms with E-state index < -0.39 is 0 Å². The van der Waals surface area contributed by atoms with Crippen LogP contribution in [0.1, 0.15) is 18.2 Å². The number of nitrogens with one attached hydrogen (secondary N) is 1. The summed E-state index contributed by atoms with van der Waals surface area (Å²) in [5.41, 5.74) is 1.81. The molecule has 0 saturated carbocycles. The highest BCUT2D eigenvalue weighted by atomic mass is 35.5. The van der Waals surface area contributed by atoms with E-state index in [9.17, 15) is 9.59 Å². The lowest BCUT2D eigenvalue weighted by Gasteiger charge is -2.13. The van der Waals surface area contributed by atoms with Gasteiger partial charge in [-0.05, 0) is 37.3 Å². The van der Waals surface area contributed by atoms with Gasteiger partial charge in [-0.1, -0.05) is 35.5 Å². The number of hydrogen-bond acceptors (Lipinski definition) is 6. The number of carbonyl (C=O) groups excluding carboxylic acids is 1. The molecule has 0 radical (unpaired) electrons. The lowest BCUT2D eigenvalue weighted by atomic mass is 10.2. The second-order valence-corrected chi connectivity index (χ2v) is 8.65. The minimum atomic E-state index is -0.288. The van der Waals surface area contributed by atoms with E-state index in [1.165, 1.54) is 18.0 Å². The first-order valence-corrected chi connectivity index (χ1v) is 11.0. The molecule has 31 heavy (non-hydrogen) atoms. The molecule has 4 heterocycles. The smallest absolute Gasteiger partial charge is 0.265 e. The van der Waals surface area contributed by atoms with Crippen molar-refractivity contribution in [2.45, 2.75) is 24.5 Å². The Morgan fingerprint density at radius 2 is 2.10 bits per heavy atom. The van der Waals surface area contributed by atoms with Crippen molar-refractivity contribution in [3.05, 3.63) is 69.7 Å².